The van der Waals surface area contributed by atoms with Gasteiger partial charge in [0, 0.05) is 18.8 Å². The maximum atomic E-state index is 10.5. The Hall–Kier alpha value is -1.19. The molecule has 15 heavy (non-hydrogen) atoms. The molecule has 80 valence electrons. The van der Waals surface area contributed by atoms with Gasteiger partial charge >= 0.3 is 5.97 Å². The van der Waals surface area contributed by atoms with Crippen molar-refractivity contribution in [1.82, 2.24) is 5.32 Å². The van der Waals surface area contributed by atoms with Crippen LogP contribution in [0.15, 0.2) is 24.3 Å². The molecule has 0 saturated heterocycles. The number of halogens is 2. The second-order valence-electron chi connectivity index (χ2n) is 2.78. The lowest BCUT2D eigenvalue weighted by Gasteiger charge is -2.07. The van der Waals surface area contributed by atoms with Crippen molar-refractivity contribution in [3.05, 3.63) is 39.9 Å². The van der Waals surface area contributed by atoms with Crippen molar-refractivity contribution >= 4 is 34.9 Å². The van der Waals surface area contributed by atoms with Crippen LogP contribution >= 0.6 is 23.2 Å². The topological polar surface area (TPSA) is 49.3 Å². The largest absolute Gasteiger partial charge is 0.478 e. The first kappa shape index (κ1) is 11.9. The molecular formula is C10H9Cl2NO2. The Balaban J connectivity index is 3.14. The monoisotopic (exact) mass is 245 g/mol. The Morgan fingerprint density at radius 3 is 2.53 bits per heavy atom. The number of aliphatic carboxylic acids is 1. The Labute approximate surface area is 97.3 Å². The van der Waals surface area contributed by atoms with Gasteiger partial charge in [0.05, 0.1) is 10.0 Å². The van der Waals surface area contributed by atoms with Crippen LogP contribution in [0.25, 0.3) is 5.70 Å². The van der Waals surface area contributed by atoms with Gasteiger partial charge in [-0.15, -0.1) is 0 Å². The van der Waals surface area contributed by atoms with Gasteiger partial charge in [0.1, 0.15) is 0 Å². The van der Waals surface area contributed by atoms with Gasteiger partial charge in [-0.25, -0.2) is 4.79 Å². The minimum Gasteiger partial charge on any atom is -0.478 e. The molecule has 0 aliphatic carbocycles. The summed E-state index contributed by atoms with van der Waals surface area (Å²) in [7, 11) is 1.64. The van der Waals surface area contributed by atoms with E-state index in [1.807, 2.05) is 0 Å². The van der Waals surface area contributed by atoms with Crippen molar-refractivity contribution in [2.45, 2.75) is 0 Å². The zero-order chi connectivity index (χ0) is 11.4. The van der Waals surface area contributed by atoms with E-state index in [-0.39, 0.29) is 0 Å². The summed E-state index contributed by atoms with van der Waals surface area (Å²) in [5.41, 5.74) is 1.15. The zero-order valence-electron chi connectivity index (χ0n) is 7.92. The number of carboxylic acid groups (broad SMARTS) is 1. The summed E-state index contributed by atoms with van der Waals surface area (Å²) in [5, 5.41) is 12.2. The van der Waals surface area contributed by atoms with Crippen molar-refractivity contribution in [2.75, 3.05) is 7.05 Å². The molecule has 3 nitrogen and oxygen atoms in total. The fourth-order valence-electron chi connectivity index (χ4n) is 1.09. The SMILES string of the molecule is CN/C(=C\C(=O)O)c1ccc(Cl)c(Cl)c1. The van der Waals surface area contributed by atoms with E-state index in [4.69, 9.17) is 28.3 Å². The van der Waals surface area contributed by atoms with Gasteiger partial charge in [0.25, 0.3) is 0 Å². The highest BCUT2D eigenvalue weighted by Crippen LogP contribution is 2.25. The molecule has 0 saturated carbocycles. The Morgan fingerprint density at radius 1 is 1.40 bits per heavy atom. The first-order valence-electron chi connectivity index (χ1n) is 4.12. The van der Waals surface area contributed by atoms with Crippen LogP contribution < -0.4 is 5.32 Å². The van der Waals surface area contributed by atoms with Crippen LogP contribution in [0, 0.1) is 0 Å². The Bertz CT molecular complexity index is 416. The smallest absolute Gasteiger partial charge is 0.330 e. The molecule has 1 aromatic rings. The molecule has 0 bridgehead atoms. The second-order valence-corrected chi connectivity index (χ2v) is 3.59. The van der Waals surface area contributed by atoms with Crippen molar-refractivity contribution in [1.29, 1.82) is 0 Å². The standard InChI is InChI=1S/C10H9Cl2NO2/c1-13-9(5-10(14)15)6-2-3-7(11)8(12)4-6/h2-5,13H,1H3,(H,14,15)/b9-5-. The van der Waals surface area contributed by atoms with Gasteiger partial charge in [0.15, 0.2) is 0 Å². The zero-order valence-corrected chi connectivity index (χ0v) is 9.43. The summed E-state index contributed by atoms with van der Waals surface area (Å²) in [5.74, 6) is -1.02. The third-order valence-corrected chi connectivity index (χ3v) is 2.51. The molecule has 1 aromatic carbocycles. The molecule has 0 radical (unpaired) electrons. The highest BCUT2D eigenvalue weighted by Gasteiger charge is 2.04. The van der Waals surface area contributed by atoms with Gasteiger partial charge < -0.3 is 10.4 Å². The number of carboxylic acids is 1. The maximum Gasteiger partial charge on any atom is 0.330 e. The molecule has 1 rings (SSSR count). The fourth-order valence-corrected chi connectivity index (χ4v) is 1.39. The van der Waals surface area contributed by atoms with Crippen molar-refractivity contribution in [3.63, 3.8) is 0 Å². The minimum absolute atomic E-state index is 0.390. The van der Waals surface area contributed by atoms with Crippen molar-refractivity contribution in [2.24, 2.45) is 0 Å². The molecule has 0 amide bonds. The van der Waals surface area contributed by atoms with E-state index in [0.29, 0.717) is 21.3 Å². The van der Waals surface area contributed by atoms with Crippen LogP contribution in [-0.4, -0.2) is 18.1 Å². The molecular weight excluding hydrogens is 237 g/mol. The highest BCUT2D eigenvalue weighted by atomic mass is 35.5. The van der Waals surface area contributed by atoms with Crippen LogP contribution in [0.3, 0.4) is 0 Å². The summed E-state index contributed by atoms with van der Waals surface area (Å²) >= 11 is 11.6. The third kappa shape index (κ3) is 3.15. The maximum absolute atomic E-state index is 10.5. The summed E-state index contributed by atoms with van der Waals surface area (Å²) in [4.78, 5) is 10.5. The molecule has 2 N–H and O–H groups in total. The predicted molar refractivity (Wildman–Crippen MR) is 61.1 cm³/mol. The minimum atomic E-state index is -1.02. The molecule has 0 fully saturated rings. The molecule has 5 heteroatoms. The number of benzene rings is 1. The number of rotatable bonds is 3. The van der Waals surface area contributed by atoms with E-state index in [0.717, 1.165) is 6.08 Å². The molecule has 0 aromatic heterocycles. The van der Waals surface area contributed by atoms with Gasteiger partial charge in [-0.3, -0.25) is 0 Å². The lowest BCUT2D eigenvalue weighted by atomic mass is 10.1. The van der Waals surface area contributed by atoms with Crippen molar-refractivity contribution in [3.8, 4) is 0 Å². The number of nitrogens with one attached hydrogen (secondary N) is 1. The highest BCUT2D eigenvalue weighted by molar-refractivity contribution is 6.42. The number of hydrogen-bond donors (Lipinski definition) is 2. The summed E-state index contributed by atoms with van der Waals surface area (Å²) < 4.78 is 0. The van der Waals surface area contributed by atoms with E-state index in [9.17, 15) is 4.79 Å². The first-order valence-corrected chi connectivity index (χ1v) is 4.88. The van der Waals surface area contributed by atoms with Crippen LogP contribution in [0.2, 0.25) is 10.0 Å². The normalized spacial score (nSPS) is 11.3. The number of carbonyl (C=O) groups is 1. The van der Waals surface area contributed by atoms with Gasteiger partial charge in [-0.05, 0) is 17.7 Å². The molecule has 0 aliphatic rings. The average Bonchev–Trinajstić information content (AvgIpc) is 2.18. The molecule has 0 heterocycles. The van der Waals surface area contributed by atoms with Gasteiger partial charge in [0.2, 0.25) is 0 Å². The van der Waals surface area contributed by atoms with E-state index in [2.05, 4.69) is 5.32 Å². The quantitative estimate of drug-likeness (QED) is 0.806. The second kappa shape index (κ2) is 5.05. The van der Waals surface area contributed by atoms with Crippen molar-refractivity contribution < 1.29 is 9.90 Å². The van der Waals surface area contributed by atoms with Crippen LogP contribution in [-0.2, 0) is 4.79 Å². The summed E-state index contributed by atoms with van der Waals surface area (Å²) in [6, 6.07) is 4.92. The Kier molecular flexibility index (Phi) is 4.00. The molecule has 0 aliphatic heterocycles. The first-order chi connectivity index (χ1) is 7.04. The van der Waals surface area contributed by atoms with E-state index in [1.165, 1.54) is 0 Å². The van der Waals surface area contributed by atoms with E-state index < -0.39 is 5.97 Å². The lowest BCUT2D eigenvalue weighted by molar-refractivity contribution is -0.131. The summed E-state index contributed by atoms with van der Waals surface area (Å²) in [6.45, 7) is 0. The van der Waals surface area contributed by atoms with Gasteiger partial charge in [-0.1, -0.05) is 29.3 Å². The van der Waals surface area contributed by atoms with Crippen LogP contribution in [0.4, 0.5) is 0 Å². The molecule has 0 atom stereocenters. The van der Waals surface area contributed by atoms with E-state index in [1.54, 1.807) is 25.2 Å². The van der Waals surface area contributed by atoms with Crippen LogP contribution in [0.5, 0.6) is 0 Å². The van der Waals surface area contributed by atoms with Gasteiger partial charge in [-0.2, -0.15) is 0 Å². The molecule has 0 spiro atoms. The average molecular weight is 246 g/mol. The molecule has 0 unspecified atom stereocenters. The third-order valence-electron chi connectivity index (χ3n) is 1.77. The number of hydrogen-bond acceptors (Lipinski definition) is 2. The summed E-state index contributed by atoms with van der Waals surface area (Å²) in [6.07, 6.45) is 1.07. The predicted octanol–water partition coefficient (Wildman–Crippen LogP) is 2.64. The Morgan fingerprint density at radius 2 is 2.07 bits per heavy atom. The van der Waals surface area contributed by atoms with Crippen LogP contribution in [0.1, 0.15) is 5.56 Å². The van der Waals surface area contributed by atoms with E-state index >= 15 is 0 Å². The lowest BCUT2D eigenvalue weighted by Crippen LogP contribution is -2.07. The fraction of sp³-hybridized carbons (Fsp3) is 0.100.